The molecule has 6 aromatic heterocycles. The fraction of sp³-hybridized carbons (Fsp3) is 0.514. The van der Waals surface area contributed by atoms with E-state index < -0.39 is 41.2 Å². The largest absolute Gasteiger partial charge is 0.444 e. The molecule has 0 aromatic carbocycles. The summed E-state index contributed by atoms with van der Waals surface area (Å²) in [6.45, 7) is 21.0. The van der Waals surface area contributed by atoms with Crippen LogP contribution in [0.3, 0.4) is 0 Å². The van der Waals surface area contributed by atoms with Crippen molar-refractivity contribution in [2.45, 2.75) is 201 Å². The Morgan fingerprint density at radius 3 is 1.25 bits per heavy atom. The molecule has 106 heavy (non-hydrogen) atoms. The third-order valence-electron chi connectivity index (χ3n) is 15.9. The van der Waals surface area contributed by atoms with Gasteiger partial charge in [0.2, 0.25) is 41.6 Å². The number of aromatic nitrogens is 9. The van der Waals surface area contributed by atoms with Crippen LogP contribution in [0, 0.1) is 71.1 Å². The van der Waals surface area contributed by atoms with Gasteiger partial charge in [-0.15, -0.1) is 35.7 Å². The van der Waals surface area contributed by atoms with Gasteiger partial charge in [0.25, 0.3) is 0 Å². The zero-order valence-corrected chi connectivity index (χ0v) is 68.4. The minimum absolute atomic E-state index is 0.0312. The lowest BCUT2D eigenvalue weighted by Crippen LogP contribution is -2.50. The summed E-state index contributed by atoms with van der Waals surface area (Å²) in [6, 6.07) is 8.37. The quantitative estimate of drug-likeness (QED) is 0.0207. The summed E-state index contributed by atoms with van der Waals surface area (Å²) in [5.41, 5.74) is 8.56. The number of anilines is 9. The molecule has 11 atom stereocenters. The molecule has 6 aromatic rings. The van der Waals surface area contributed by atoms with E-state index in [1.807, 2.05) is 20.8 Å². The Morgan fingerprint density at radius 1 is 0.566 bits per heavy atom. The van der Waals surface area contributed by atoms with Gasteiger partial charge in [0, 0.05) is 116 Å². The second-order valence-corrected chi connectivity index (χ2v) is 31.6. The van der Waals surface area contributed by atoms with Crippen molar-refractivity contribution in [1.29, 1.82) is 0 Å². The molecule has 6 heterocycles. The van der Waals surface area contributed by atoms with E-state index in [0.29, 0.717) is 82.4 Å². The van der Waals surface area contributed by atoms with Gasteiger partial charge in [-0.25, -0.2) is 39.5 Å². The number of nitrogens with zero attached hydrogens (tertiary/aromatic N) is 10. The molecule has 3 aliphatic carbocycles. The van der Waals surface area contributed by atoms with Gasteiger partial charge in [-0.3, -0.25) is 9.69 Å². The molecular weight excluding hydrogens is 1450 g/mol. The van der Waals surface area contributed by atoms with Crippen molar-refractivity contribution in [3.63, 3.8) is 0 Å². The first-order valence-electron chi connectivity index (χ1n) is 35.8. The zero-order valence-electron chi connectivity index (χ0n) is 62.7. The number of amides is 3. The molecule has 0 radical (unpaired) electrons. The number of rotatable bonds is 19. The van der Waals surface area contributed by atoms with Crippen molar-refractivity contribution in [1.82, 2.24) is 60.4 Å². The number of pyridine rings is 3. The Labute approximate surface area is 634 Å². The SMILES string of the molecule is CCCNc1nc(Nc2ccnc(F)c2)ncc1C#C[C@@H]1CCC[C@H](N)C1.CCCNc1nc(Nc2ccnc(F)c2)ncc1C#C[C@@H]1CCC[C@H](NC(=O)OC(C)(C)C)C1.CCCNc1nc(Nc2ccnc(F)c2)ncc1C#C[C@@H]1CCC[C@H](NC(=O)[C@H](C)N(C)C(=O)OC(C)(C)C)C1.PP.PPP. The number of carbonyl (C=O) groups is 3. The van der Waals surface area contributed by atoms with Crippen LogP contribution in [0.15, 0.2) is 73.6 Å². The second-order valence-electron chi connectivity index (χ2n) is 27.3. The summed E-state index contributed by atoms with van der Waals surface area (Å²) >= 11 is 0. The second kappa shape index (κ2) is 47.0. The number of hydrogen-bond donors (Lipinski definition) is 9. The van der Waals surface area contributed by atoms with E-state index in [4.69, 9.17) is 15.2 Å². The van der Waals surface area contributed by atoms with Crippen molar-refractivity contribution < 1.29 is 37.0 Å². The van der Waals surface area contributed by atoms with Crippen LogP contribution in [-0.2, 0) is 14.3 Å². The molecule has 4 unspecified atom stereocenters. The average molecular weight is 1550 g/mol. The topological polar surface area (TPSA) is 311 Å². The summed E-state index contributed by atoms with van der Waals surface area (Å²) in [5, 5.41) is 24.9. The van der Waals surface area contributed by atoms with Crippen molar-refractivity contribution in [2.75, 3.05) is 58.6 Å². The van der Waals surface area contributed by atoms with Gasteiger partial charge in [0.1, 0.15) is 34.7 Å². The monoisotopic (exact) mass is 1550 g/mol. The molecule has 10 N–H and O–H groups in total. The van der Waals surface area contributed by atoms with E-state index in [9.17, 15) is 27.6 Å². The number of alkyl carbamates (subject to hydrolysis) is 1. The Hall–Kier alpha value is -7.92. The van der Waals surface area contributed by atoms with E-state index in [1.165, 1.54) is 41.7 Å². The fourth-order valence-electron chi connectivity index (χ4n) is 10.8. The fourth-order valence-corrected chi connectivity index (χ4v) is 10.8. The van der Waals surface area contributed by atoms with Crippen molar-refractivity contribution in [2.24, 2.45) is 23.5 Å². The van der Waals surface area contributed by atoms with E-state index in [0.717, 1.165) is 117 Å². The van der Waals surface area contributed by atoms with Crippen LogP contribution in [0.2, 0.25) is 0 Å². The lowest BCUT2D eigenvalue weighted by molar-refractivity contribution is -0.126. The molecule has 3 amide bonds. The van der Waals surface area contributed by atoms with Gasteiger partial charge in [0.05, 0.1) is 35.3 Å². The van der Waals surface area contributed by atoms with E-state index in [2.05, 4.69) is 179 Å². The first kappa shape index (κ1) is 88.7. The maximum atomic E-state index is 13.4. The van der Waals surface area contributed by atoms with Crippen LogP contribution < -0.4 is 48.3 Å². The molecule has 24 nitrogen and oxygen atoms in total. The highest BCUT2D eigenvalue weighted by molar-refractivity contribution is 8.33. The predicted octanol–water partition coefficient (Wildman–Crippen LogP) is 15.2. The molecule has 574 valence electrons. The number of carbonyl (C=O) groups excluding carboxylic acids is 3. The van der Waals surface area contributed by atoms with E-state index >= 15 is 0 Å². The van der Waals surface area contributed by atoms with Crippen molar-refractivity contribution in [3.05, 3.63) is 108 Å². The molecule has 3 fully saturated rings. The summed E-state index contributed by atoms with van der Waals surface area (Å²) in [4.78, 5) is 75.9. The Bertz CT molecular complexity index is 3940. The van der Waals surface area contributed by atoms with Crippen molar-refractivity contribution in [3.8, 4) is 35.5 Å². The molecule has 0 saturated heterocycles. The Balaban J connectivity index is 0.000000281. The van der Waals surface area contributed by atoms with Gasteiger partial charge in [-0.1, -0.05) is 83.5 Å². The summed E-state index contributed by atoms with van der Waals surface area (Å²) < 4.78 is 50.8. The number of nitrogens with one attached hydrogen (secondary N) is 8. The van der Waals surface area contributed by atoms with Crippen LogP contribution in [0.5, 0.6) is 0 Å². The number of hydrogen-bond acceptors (Lipinski definition) is 21. The van der Waals surface area contributed by atoms with Crippen LogP contribution in [0.1, 0.15) is 182 Å². The standard InChI is InChI=1S/C29H40FN7O3.C25H33FN6O2.C20H25FN6.H5P3.H4P2/c1-7-14-32-25-21(18-33-27(36-25)35-23-13-15-31-24(30)17-23)12-11-20-9-8-10-22(16-20)34-26(38)19(2)37(6)28(39)40-29(3,4)5;1-5-12-28-22-18(16-29-23(32-22)30-20-11-13-27-21(26)15-20)10-9-17-7-6-8-19(14-17)31-24(33)34-25(2,3)4;1-2-9-24-19-15(7-6-14-4-3-5-16(22)11-14)13-25-20(27-19)26-17-8-10-23-18(21)12-17;1-3-2;1-2/h13,15,17-20,22H,7-10,14,16H2,1-6H3,(H,34,38)(H2,31,32,33,35,36);11,13,15-17,19H,5-8,12,14H2,1-4H3,(H,31,33)(H2,27,28,29,30,32);8,10,12-14,16H,2-5,9,11,22H2,1H3,(H2,23,24,25,26,27);3H,1-2H2;1-2H2/t19-,20-,22-;17-,19-;14-,16-;;/m000../s1. The number of likely N-dealkylation sites (N-methyl/N-ethyl adjacent to an activating group) is 1. The normalized spacial score (nSPS) is 17.4. The van der Waals surface area contributed by atoms with Gasteiger partial charge in [0.15, 0.2) is 0 Å². The van der Waals surface area contributed by atoms with Crippen LogP contribution >= 0.6 is 43.7 Å². The zero-order chi connectivity index (χ0) is 77.6. The van der Waals surface area contributed by atoms with Gasteiger partial charge in [-0.05, 0) is 144 Å². The Kier molecular flexibility index (Phi) is 39.3. The molecule has 9 rings (SSSR count). The maximum Gasteiger partial charge on any atom is 0.410 e. The maximum absolute atomic E-state index is 13.4. The lowest BCUT2D eigenvalue weighted by Gasteiger charge is -2.31. The number of nitrogens with two attached hydrogens (primary N) is 1. The van der Waals surface area contributed by atoms with E-state index in [-0.39, 0.29) is 42.0 Å². The third-order valence-corrected chi connectivity index (χ3v) is 15.9. The molecule has 0 aliphatic heterocycles. The first-order chi connectivity index (χ1) is 50.7. The molecule has 3 aliphatic rings. The third kappa shape index (κ3) is 33.9. The summed E-state index contributed by atoms with van der Waals surface area (Å²) in [6.07, 6.45) is 22.4. The summed E-state index contributed by atoms with van der Waals surface area (Å²) in [5.74, 6) is 21.3. The highest BCUT2D eigenvalue weighted by Crippen LogP contribution is 2.30. The highest BCUT2D eigenvalue weighted by Gasteiger charge is 2.31. The molecule has 3 saturated carbocycles. The van der Waals surface area contributed by atoms with Gasteiger partial charge < -0.3 is 57.7 Å². The van der Waals surface area contributed by atoms with Crippen LogP contribution in [0.25, 0.3) is 0 Å². The predicted molar refractivity (Wildman–Crippen MR) is 435 cm³/mol. The summed E-state index contributed by atoms with van der Waals surface area (Å²) in [7, 11) is 12.3. The molecular formula is C74H107F3N19O5P5. The smallest absolute Gasteiger partial charge is 0.410 e. The molecule has 32 heteroatoms. The molecule has 0 spiro atoms. The van der Waals surface area contributed by atoms with Crippen molar-refractivity contribution >= 4 is 114 Å². The highest BCUT2D eigenvalue weighted by atomic mass is 32.4. The Morgan fingerprint density at radius 2 is 0.915 bits per heavy atom. The minimum Gasteiger partial charge on any atom is -0.444 e. The van der Waals surface area contributed by atoms with Crippen LogP contribution in [0.4, 0.5) is 75.1 Å². The van der Waals surface area contributed by atoms with E-state index in [1.54, 1.807) is 71.5 Å². The van der Waals surface area contributed by atoms with Gasteiger partial charge >= 0.3 is 12.2 Å². The number of ether oxygens (including phenoxy) is 2. The molecule has 0 bridgehead atoms. The lowest BCUT2D eigenvalue weighted by atomic mass is 9.86. The number of halogens is 3. The van der Waals surface area contributed by atoms with Gasteiger partial charge in [-0.2, -0.15) is 28.1 Å². The average Bonchev–Trinajstić information content (AvgIpc) is 0.828. The first-order valence-corrected chi connectivity index (χ1v) is 43.0. The van der Waals surface area contributed by atoms with Crippen LogP contribution in [-0.4, -0.2) is 130 Å². The minimum atomic E-state index is -0.665.